The first-order valence-electron chi connectivity index (χ1n) is 9.23. The number of nitrogens with two attached hydrogens (primary N) is 1. The van der Waals surface area contributed by atoms with Gasteiger partial charge in [-0.3, -0.25) is 0 Å². The smallest absolute Gasteiger partial charge is 0.180 e. The minimum atomic E-state index is 0.302. The van der Waals surface area contributed by atoms with Crippen molar-refractivity contribution in [1.29, 1.82) is 0 Å². The third kappa shape index (κ3) is 6.12. The fourth-order valence-corrected chi connectivity index (χ4v) is 3.67. The van der Waals surface area contributed by atoms with Crippen molar-refractivity contribution in [2.45, 2.75) is 18.6 Å². The fraction of sp³-hybridized carbons (Fsp3) is 0.333. The Morgan fingerprint density at radius 3 is 2.48 bits per heavy atom. The Labute approximate surface area is 165 Å². The molecular formula is C21H26N4OS. The molecule has 142 valence electrons. The highest BCUT2D eigenvalue weighted by Crippen LogP contribution is 2.23. The summed E-state index contributed by atoms with van der Waals surface area (Å²) in [4.78, 5) is 2.36. The summed E-state index contributed by atoms with van der Waals surface area (Å²) in [5, 5.41) is 17.9. The van der Waals surface area contributed by atoms with Gasteiger partial charge in [0.2, 0.25) is 0 Å². The van der Waals surface area contributed by atoms with Crippen LogP contribution in [0.5, 0.6) is 0 Å². The molecule has 1 saturated heterocycles. The van der Waals surface area contributed by atoms with Crippen molar-refractivity contribution in [3.05, 3.63) is 65.7 Å². The van der Waals surface area contributed by atoms with E-state index in [1.807, 2.05) is 30.3 Å². The van der Waals surface area contributed by atoms with Crippen molar-refractivity contribution >= 4 is 28.8 Å². The first-order valence-corrected chi connectivity index (χ1v) is 10.2. The lowest BCUT2D eigenvalue weighted by Gasteiger charge is -2.32. The summed E-state index contributed by atoms with van der Waals surface area (Å²) in [5.41, 5.74) is 9.32. The number of nitrogens with zero attached hydrogens (tertiary/aromatic N) is 3. The van der Waals surface area contributed by atoms with Crippen LogP contribution in [0.25, 0.3) is 0 Å². The molecule has 1 aliphatic heterocycles. The summed E-state index contributed by atoms with van der Waals surface area (Å²) in [7, 11) is 0. The molecule has 1 heterocycles. The van der Waals surface area contributed by atoms with Crippen LogP contribution in [0.4, 0.5) is 5.69 Å². The van der Waals surface area contributed by atoms with Gasteiger partial charge in [0.25, 0.3) is 0 Å². The lowest BCUT2D eigenvalue weighted by molar-refractivity contribution is 0.203. The molecular weight excluding hydrogens is 356 g/mol. The van der Waals surface area contributed by atoms with E-state index < -0.39 is 0 Å². The molecule has 27 heavy (non-hydrogen) atoms. The number of aliphatic hydroxyl groups excluding tert-OH is 1. The average molecular weight is 383 g/mol. The number of benzene rings is 2. The van der Waals surface area contributed by atoms with Gasteiger partial charge in [-0.25, -0.2) is 0 Å². The van der Waals surface area contributed by atoms with Crippen molar-refractivity contribution in [2.24, 2.45) is 21.9 Å². The molecule has 0 atom stereocenters. The number of rotatable bonds is 6. The van der Waals surface area contributed by atoms with Gasteiger partial charge in [-0.15, -0.1) is 5.10 Å². The van der Waals surface area contributed by atoms with E-state index in [0.717, 1.165) is 37.2 Å². The Morgan fingerprint density at radius 2 is 1.81 bits per heavy atom. The third-order valence-electron chi connectivity index (χ3n) is 4.72. The molecule has 0 aromatic heterocycles. The standard InChI is InChI=1S/C21H26N4OS/c22-21(27-16-19-4-2-1-3-5-19)24-23-14-17-6-8-20(9-7-17)25-12-10-18(15-26)11-13-25/h1-9,14,18,26H,10-13,15-16H2,(H2,22,24). The van der Waals surface area contributed by atoms with Crippen LogP contribution in [0.15, 0.2) is 64.8 Å². The van der Waals surface area contributed by atoms with E-state index in [1.54, 1.807) is 6.21 Å². The molecule has 1 fully saturated rings. The summed E-state index contributed by atoms with van der Waals surface area (Å²) in [5.74, 6) is 1.24. The molecule has 6 heteroatoms. The summed E-state index contributed by atoms with van der Waals surface area (Å²) in [6, 6.07) is 18.5. The lowest BCUT2D eigenvalue weighted by atomic mass is 9.97. The summed E-state index contributed by atoms with van der Waals surface area (Å²) in [6.45, 7) is 2.30. The molecule has 3 rings (SSSR count). The van der Waals surface area contributed by atoms with Crippen LogP contribution in [0.3, 0.4) is 0 Å². The van der Waals surface area contributed by atoms with Crippen LogP contribution in [-0.4, -0.2) is 36.2 Å². The second kappa shape index (κ2) is 10.1. The molecule has 0 saturated carbocycles. The number of piperidine rings is 1. The SMILES string of the molecule is NC(=NN=Cc1ccc(N2CCC(CO)CC2)cc1)SCc1ccccc1. The fourth-order valence-electron chi connectivity index (χ4n) is 3.06. The van der Waals surface area contributed by atoms with E-state index in [4.69, 9.17) is 5.73 Å². The minimum Gasteiger partial charge on any atom is -0.396 e. The minimum absolute atomic E-state index is 0.302. The maximum atomic E-state index is 9.24. The van der Waals surface area contributed by atoms with Crippen molar-refractivity contribution in [2.75, 3.05) is 24.6 Å². The Bertz CT molecular complexity index is 754. The molecule has 0 radical (unpaired) electrons. The van der Waals surface area contributed by atoms with Gasteiger partial charge in [0.1, 0.15) is 0 Å². The van der Waals surface area contributed by atoms with E-state index >= 15 is 0 Å². The Kier molecular flexibility index (Phi) is 7.30. The molecule has 0 spiro atoms. The van der Waals surface area contributed by atoms with Crippen LogP contribution in [0, 0.1) is 5.92 Å². The Hall–Kier alpha value is -2.31. The molecule has 0 aliphatic carbocycles. The van der Waals surface area contributed by atoms with Crippen molar-refractivity contribution in [1.82, 2.24) is 0 Å². The third-order valence-corrected chi connectivity index (χ3v) is 5.58. The number of hydrogen-bond donors (Lipinski definition) is 2. The normalized spacial score (nSPS) is 16.2. The Balaban J connectivity index is 1.48. The van der Waals surface area contributed by atoms with Crippen molar-refractivity contribution < 1.29 is 5.11 Å². The molecule has 2 aromatic rings. The predicted octanol–water partition coefficient (Wildman–Crippen LogP) is 3.48. The van der Waals surface area contributed by atoms with Crippen LogP contribution < -0.4 is 10.6 Å². The van der Waals surface area contributed by atoms with Gasteiger partial charge in [-0.1, -0.05) is 54.2 Å². The summed E-state index contributed by atoms with van der Waals surface area (Å²) < 4.78 is 0. The number of anilines is 1. The topological polar surface area (TPSA) is 74.2 Å². The van der Waals surface area contributed by atoms with Gasteiger partial charge >= 0.3 is 0 Å². The summed E-state index contributed by atoms with van der Waals surface area (Å²) >= 11 is 1.48. The molecule has 1 aliphatic rings. The van der Waals surface area contributed by atoms with Gasteiger partial charge < -0.3 is 15.7 Å². The van der Waals surface area contributed by atoms with E-state index in [-0.39, 0.29) is 0 Å². The van der Waals surface area contributed by atoms with Gasteiger partial charge in [-0.05, 0) is 42.0 Å². The van der Waals surface area contributed by atoms with E-state index in [1.165, 1.54) is 23.0 Å². The van der Waals surface area contributed by atoms with Crippen LogP contribution >= 0.6 is 11.8 Å². The molecule has 3 N–H and O–H groups in total. The molecule has 5 nitrogen and oxygen atoms in total. The number of amidine groups is 1. The van der Waals surface area contributed by atoms with Crippen LogP contribution in [0.1, 0.15) is 24.0 Å². The zero-order valence-electron chi connectivity index (χ0n) is 15.4. The molecule has 2 aromatic carbocycles. The first-order chi connectivity index (χ1) is 13.2. The number of hydrogen-bond acceptors (Lipinski definition) is 5. The maximum absolute atomic E-state index is 9.24. The van der Waals surface area contributed by atoms with Gasteiger partial charge in [0.05, 0.1) is 6.21 Å². The van der Waals surface area contributed by atoms with Gasteiger partial charge in [0, 0.05) is 31.1 Å². The lowest BCUT2D eigenvalue weighted by Crippen LogP contribution is -2.34. The zero-order valence-corrected chi connectivity index (χ0v) is 16.2. The number of aliphatic hydroxyl groups is 1. The highest BCUT2D eigenvalue weighted by Gasteiger charge is 2.18. The van der Waals surface area contributed by atoms with Gasteiger partial charge in [-0.2, -0.15) is 5.10 Å². The van der Waals surface area contributed by atoms with Crippen LogP contribution in [-0.2, 0) is 5.75 Å². The highest BCUT2D eigenvalue weighted by molar-refractivity contribution is 8.13. The maximum Gasteiger partial charge on any atom is 0.180 e. The van der Waals surface area contributed by atoms with E-state index in [9.17, 15) is 5.11 Å². The highest BCUT2D eigenvalue weighted by atomic mass is 32.2. The van der Waals surface area contributed by atoms with Crippen molar-refractivity contribution in [3.8, 4) is 0 Å². The largest absolute Gasteiger partial charge is 0.396 e. The van der Waals surface area contributed by atoms with E-state index in [2.05, 4.69) is 39.4 Å². The average Bonchev–Trinajstić information content (AvgIpc) is 2.74. The molecule has 0 unspecified atom stereocenters. The number of thioether (sulfide) groups is 1. The van der Waals surface area contributed by atoms with E-state index in [0.29, 0.717) is 17.7 Å². The summed E-state index contributed by atoms with van der Waals surface area (Å²) in [6.07, 6.45) is 3.82. The van der Waals surface area contributed by atoms with Crippen molar-refractivity contribution in [3.63, 3.8) is 0 Å². The predicted molar refractivity (Wildman–Crippen MR) is 115 cm³/mol. The monoisotopic (exact) mass is 382 g/mol. The first kappa shape index (κ1) is 19.5. The molecule has 0 amide bonds. The molecule has 0 bridgehead atoms. The zero-order chi connectivity index (χ0) is 18.9. The quantitative estimate of drug-likeness (QED) is 0.456. The second-order valence-corrected chi connectivity index (χ2v) is 7.66. The van der Waals surface area contributed by atoms with Crippen LogP contribution in [0.2, 0.25) is 0 Å². The Morgan fingerprint density at radius 1 is 1.11 bits per heavy atom. The van der Waals surface area contributed by atoms with Gasteiger partial charge in [0.15, 0.2) is 5.17 Å². The second-order valence-electron chi connectivity index (χ2n) is 6.66.